The van der Waals surface area contributed by atoms with E-state index >= 15 is 0 Å². The molecule has 0 saturated carbocycles. The topological polar surface area (TPSA) is 37.6 Å². The summed E-state index contributed by atoms with van der Waals surface area (Å²) in [7, 11) is 0. The molecule has 170 valence electrons. The van der Waals surface area contributed by atoms with Gasteiger partial charge in [-0.2, -0.15) is 0 Å². The summed E-state index contributed by atoms with van der Waals surface area (Å²) in [6.45, 7) is 5.67. The fourth-order valence-electron chi connectivity index (χ4n) is 4.37. The Balaban J connectivity index is 1.57. The first kappa shape index (κ1) is 22.2. The van der Waals surface area contributed by atoms with E-state index in [0.29, 0.717) is 11.4 Å². The van der Waals surface area contributed by atoms with E-state index in [-0.39, 0.29) is 5.91 Å². The maximum atomic E-state index is 13.4. The quantitative estimate of drug-likeness (QED) is 0.287. The lowest BCUT2D eigenvalue weighted by Crippen LogP contribution is -2.29. The van der Waals surface area contributed by atoms with E-state index in [1.54, 1.807) is 0 Å². The largest absolute Gasteiger partial charge is 0.340 e. The van der Waals surface area contributed by atoms with Gasteiger partial charge in [0.25, 0.3) is 5.91 Å². The van der Waals surface area contributed by atoms with Crippen molar-refractivity contribution in [3.05, 3.63) is 107 Å². The van der Waals surface area contributed by atoms with Gasteiger partial charge >= 0.3 is 0 Å². The highest BCUT2D eigenvalue weighted by Gasteiger charge is 2.33. The molecule has 0 spiro atoms. The van der Waals surface area contributed by atoms with Gasteiger partial charge in [-0.15, -0.1) is 0 Å². The number of aliphatic imine (C=N–C) groups is 1. The molecule has 34 heavy (non-hydrogen) atoms. The van der Waals surface area contributed by atoms with Gasteiger partial charge in [-0.3, -0.25) is 9.69 Å². The second-order valence-corrected chi connectivity index (χ2v) is 9.39. The minimum absolute atomic E-state index is 0.0285. The van der Waals surface area contributed by atoms with E-state index in [2.05, 4.69) is 73.0 Å². The van der Waals surface area contributed by atoms with Crippen LogP contribution < -0.4 is 0 Å². The number of hydrogen-bond donors (Lipinski definition) is 0. The Kier molecular flexibility index (Phi) is 6.37. The second kappa shape index (κ2) is 9.74. The van der Waals surface area contributed by atoms with Crippen LogP contribution >= 0.6 is 11.8 Å². The van der Waals surface area contributed by atoms with E-state index in [1.807, 2.05) is 41.3 Å². The van der Waals surface area contributed by atoms with Gasteiger partial charge in [0, 0.05) is 35.2 Å². The molecule has 1 amide bonds. The standard InChI is InChI=1S/C29H27N3OS/c1-3-18-31-28(33)27(34-29(31)30-23-14-8-5-9-15-23)19-25-21(2)32(20-22-12-6-4-7-13-22)26-17-11-10-16-24(25)26/h4-17,19H,3,18,20H2,1-2H3/b27-19+,30-29?. The van der Waals surface area contributed by atoms with Gasteiger partial charge in [0.15, 0.2) is 5.17 Å². The van der Waals surface area contributed by atoms with Crippen LogP contribution in [0.5, 0.6) is 0 Å². The van der Waals surface area contributed by atoms with E-state index < -0.39 is 0 Å². The molecule has 2 heterocycles. The Labute approximate surface area is 204 Å². The molecule has 0 N–H and O–H groups in total. The van der Waals surface area contributed by atoms with Gasteiger partial charge in [0.1, 0.15) is 0 Å². The average Bonchev–Trinajstić information content (AvgIpc) is 3.30. The molecule has 1 aliphatic rings. The van der Waals surface area contributed by atoms with Gasteiger partial charge in [-0.1, -0.05) is 73.7 Å². The van der Waals surface area contributed by atoms with Crippen molar-refractivity contribution in [1.29, 1.82) is 0 Å². The molecular weight excluding hydrogens is 438 g/mol. The summed E-state index contributed by atoms with van der Waals surface area (Å²) in [5.74, 6) is 0.0285. The van der Waals surface area contributed by atoms with Crippen LogP contribution in [0, 0.1) is 6.92 Å². The molecule has 3 aromatic carbocycles. The molecule has 4 aromatic rings. The normalized spacial score (nSPS) is 16.3. The Morgan fingerprint density at radius 3 is 2.32 bits per heavy atom. The summed E-state index contributed by atoms with van der Waals surface area (Å²) in [6.07, 6.45) is 2.94. The molecule has 0 unspecified atom stereocenters. The van der Waals surface area contributed by atoms with Gasteiger partial charge in [-0.05, 0) is 54.9 Å². The van der Waals surface area contributed by atoms with Gasteiger partial charge < -0.3 is 4.57 Å². The Bertz CT molecular complexity index is 1390. The lowest BCUT2D eigenvalue weighted by Gasteiger charge is -2.13. The number of nitrogens with zero attached hydrogens (tertiary/aromatic N) is 3. The summed E-state index contributed by atoms with van der Waals surface area (Å²) >= 11 is 1.47. The van der Waals surface area contributed by atoms with E-state index in [0.717, 1.165) is 40.5 Å². The van der Waals surface area contributed by atoms with Crippen molar-refractivity contribution in [2.24, 2.45) is 4.99 Å². The van der Waals surface area contributed by atoms with Gasteiger partial charge in [-0.25, -0.2) is 4.99 Å². The van der Waals surface area contributed by atoms with E-state index in [1.165, 1.54) is 22.8 Å². The maximum Gasteiger partial charge on any atom is 0.266 e. The number of carbonyl (C=O) groups is 1. The summed E-state index contributed by atoms with van der Waals surface area (Å²) in [5, 5.41) is 1.90. The van der Waals surface area contributed by atoms with Crippen molar-refractivity contribution >= 4 is 45.5 Å². The van der Waals surface area contributed by atoms with Crippen LogP contribution in [0.25, 0.3) is 17.0 Å². The number of thioether (sulfide) groups is 1. The third-order valence-electron chi connectivity index (χ3n) is 6.05. The molecule has 5 heteroatoms. The number of rotatable bonds is 6. The third kappa shape index (κ3) is 4.31. The zero-order valence-corrected chi connectivity index (χ0v) is 20.3. The van der Waals surface area contributed by atoms with Gasteiger partial charge in [0.05, 0.1) is 10.6 Å². The number of amides is 1. The highest BCUT2D eigenvalue weighted by molar-refractivity contribution is 8.18. The predicted molar refractivity (Wildman–Crippen MR) is 143 cm³/mol. The van der Waals surface area contributed by atoms with Crippen molar-refractivity contribution < 1.29 is 4.79 Å². The van der Waals surface area contributed by atoms with Crippen LogP contribution in [0.15, 0.2) is 94.8 Å². The predicted octanol–water partition coefficient (Wildman–Crippen LogP) is 7.01. The summed E-state index contributed by atoms with van der Waals surface area (Å²) in [6, 6.07) is 28.7. The smallest absolute Gasteiger partial charge is 0.266 e. The first-order valence-corrected chi connectivity index (χ1v) is 12.4. The summed E-state index contributed by atoms with van der Waals surface area (Å²) in [4.78, 5) is 20.7. The number of para-hydroxylation sites is 2. The molecule has 0 atom stereocenters. The van der Waals surface area contributed by atoms with Crippen LogP contribution in [0.3, 0.4) is 0 Å². The van der Waals surface area contributed by atoms with Crippen molar-refractivity contribution in [3.63, 3.8) is 0 Å². The first-order chi connectivity index (χ1) is 16.7. The molecule has 0 bridgehead atoms. The number of aromatic nitrogens is 1. The number of benzene rings is 3. The first-order valence-electron chi connectivity index (χ1n) is 11.6. The second-order valence-electron chi connectivity index (χ2n) is 8.39. The fraction of sp³-hybridized carbons (Fsp3) is 0.172. The molecule has 4 nitrogen and oxygen atoms in total. The number of hydrogen-bond acceptors (Lipinski definition) is 3. The molecule has 1 aromatic heterocycles. The Morgan fingerprint density at radius 2 is 1.59 bits per heavy atom. The minimum atomic E-state index is 0.0285. The Morgan fingerprint density at radius 1 is 0.912 bits per heavy atom. The fourth-order valence-corrected chi connectivity index (χ4v) is 5.37. The highest BCUT2D eigenvalue weighted by Crippen LogP contribution is 2.37. The lowest BCUT2D eigenvalue weighted by molar-refractivity contribution is -0.122. The molecular formula is C29H27N3OS. The molecule has 0 radical (unpaired) electrons. The van der Waals surface area contributed by atoms with Crippen molar-refractivity contribution in [3.8, 4) is 0 Å². The molecule has 5 rings (SSSR count). The maximum absolute atomic E-state index is 13.4. The van der Waals surface area contributed by atoms with Gasteiger partial charge in [0.2, 0.25) is 0 Å². The van der Waals surface area contributed by atoms with Crippen molar-refractivity contribution in [1.82, 2.24) is 9.47 Å². The van der Waals surface area contributed by atoms with Crippen molar-refractivity contribution in [2.45, 2.75) is 26.8 Å². The van der Waals surface area contributed by atoms with Crippen LogP contribution in [0.4, 0.5) is 5.69 Å². The van der Waals surface area contributed by atoms with E-state index in [4.69, 9.17) is 4.99 Å². The zero-order valence-electron chi connectivity index (χ0n) is 19.4. The number of fused-ring (bicyclic) bond motifs is 1. The molecule has 0 aliphatic carbocycles. The van der Waals surface area contributed by atoms with Crippen LogP contribution in [0.2, 0.25) is 0 Å². The van der Waals surface area contributed by atoms with Crippen LogP contribution in [-0.2, 0) is 11.3 Å². The monoisotopic (exact) mass is 465 g/mol. The summed E-state index contributed by atoms with van der Waals surface area (Å²) < 4.78 is 2.34. The number of amidine groups is 1. The average molecular weight is 466 g/mol. The molecule has 1 aliphatic heterocycles. The molecule has 1 fully saturated rings. The molecule has 1 saturated heterocycles. The van der Waals surface area contributed by atoms with E-state index in [9.17, 15) is 4.79 Å². The van der Waals surface area contributed by atoms with Crippen LogP contribution in [0.1, 0.15) is 30.2 Å². The number of carbonyl (C=O) groups excluding carboxylic acids is 1. The van der Waals surface area contributed by atoms with Crippen LogP contribution in [-0.4, -0.2) is 27.1 Å². The highest BCUT2D eigenvalue weighted by atomic mass is 32.2. The zero-order chi connectivity index (χ0) is 23.5. The lowest BCUT2D eigenvalue weighted by atomic mass is 10.1. The Hall–Kier alpha value is -3.57. The van der Waals surface area contributed by atoms with Crippen molar-refractivity contribution in [2.75, 3.05) is 6.54 Å². The minimum Gasteiger partial charge on any atom is -0.340 e. The summed E-state index contributed by atoms with van der Waals surface area (Å²) in [5.41, 5.74) is 5.54. The third-order valence-corrected chi connectivity index (χ3v) is 7.06. The SMILES string of the molecule is CCCN1C(=O)/C(=C\c2c(C)n(Cc3ccccc3)c3ccccc23)SC1=Nc1ccccc1.